The molecule has 0 aliphatic rings. The first kappa shape index (κ1) is 12.0. The number of nitrogens with zero attached hydrogens (tertiary/aromatic N) is 3. The van der Waals surface area contributed by atoms with Crippen molar-refractivity contribution in [1.29, 1.82) is 0 Å². The molecule has 0 fully saturated rings. The van der Waals surface area contributed by atoms with Crippen LogP contribution < -0.4 is 10.2 Å². The Hall–Kier alpha value is -1.46. The third kappa shape index (κ3) is 3.25. The quantitative estimate of drug-likeness (QED) is 0.877. The van der Waals surface area contributed by atoms with Crippen LogP contribution in [0.3, 0.4) is 0 Å². The molecule has 0 atom stereocenters. The van der Waals surface area contributed by atoms with E-state index >= 15 is 0 Å². The summed E-state index contributed by atoms with van der Waals surface area (Å²) in [6.45, 7) is 1.73. The number of nitrogens with one attached hydrogen (secondary N) is 1. The van der Waals surface area contributed by atoms with Crippen LogP contribution in [-0.4, -0.2) is 24.1 Å². The fraction of sp³-hybridized carbons (Fsp3) is 0.333. The highest BCUT2D eigenvalue weighted by atomic mass is 32.1. The molecule has 0 saturated carbocycles. The van der Waals surface area contributed by atoms with E-state index in [0.29, 0.717) is 0 Å². The Morgan fingerprint density at radius 2 is 2.12 bits per heavy atom. The van der Waals surface area contributed by atoms with Crippen molar-refractivity contribution in [3.8, 4) is 0 Å². The van der Waals surface area contributed by atoms with Crippen molar-refractivity contribution in [2.75, 3.05) is 19.0 Å². The molecule has 0 aliphatic carbocycles. The van der Waals surface area contributed by atoms with Crippen LogP contribution in [0.4, 0.5) is 5.13 Å². The summed E-state index contributed by atoms with van der Waals surface area (Å²) in [4.78, 5) is 11.8. The number of anilines is 1. The highest BCUT2D eigenvalue weighted by Gasteiger charge is 2.07. The Kier molecular flexibility index (Phi) is 4.06. The van der Waals surface area contributed by atoms with E-state index in [9.17, 15) is 0 Å². The molecule has 0 bridgehead atoms. The zero-order valence-electron chi connectivity index (χ0n) is 10.1. The van der Waals surface area contributed by atoms with Gasteiger partial charge in [0.1, 0.15) is 0 Å². The van der Waals surface area contributed by atoms with Gasteiger partial charge in [0.2, 0.25) is 0 Å². The van der Waals surface area contributed by atoms with Crippen LogP contribution in [0.2, 0.25) is 0 Å². The maximum absolute atomic E-state index is 4.42. The molecule has 0 spiro atoms. The number of aromatic nitrogens is 2. The lowest BCUT2D eigenvalue weighted by Gasteiger charge is -2.15. The summed E-state index contributed by atoms with van der Waals surface area (Å²) in [5, 5.41) is 4.18. The molecule has 0 amide bonds. The molecule has 2 rings (SSSR count). The van der Waals surface area contributed by atoms with Crippen LogP contribution in [-0.2, 0) is 13.1 Å². The highest BCUT2D eigenvalue weighted by Crippen LogP contribution is 2.22. The van der Waals surface area contributed by atoms with Gasteiger partial charge in [-0.2, -0.15) is 0 Å². The third-order valence-electron chi connectivity index (χ3n) is 2.39. The molecular formula is C12H16N4S. The minimum absolute atomic E-state index is 0.856. The third-order valence-corrected chi connectivity index (χ3v) is 3.50. The highest BCUT2D eigenvalue weighted by molar-refractivity contribution is 7.15. The van der Waals surface area contributed by atoms with Gasteiger partial charge >= 0.3 is 0 Å². The summed E-state index contributed by atoms with van der Waals surface area (Å²) in [5.41, 5.74) is 1.24. The molecule has 0 saturated heterocycles. The van der Waals surface area contributed by atoms with Crippen LogP contribution >= 0.6 is 11.3 Å². The monoisotopic (exact) mass is 248 g/mol. The van der Waals surface area contributed by atoms with Crippen molar-refractivity contribution in [1.82, 2.24) is 15.3 Å². The number of hydrogen-bond donors (Lipinski definition) is 1. The predicted octanol–water partition coefficient (Wildman–Crippen LogP) is 1.89. The van der Waals surface area contributed by atoms with Gasteiger partial charge in [0.05, 0.1) is 0 Å². The van der Waals surface area contributed by atoms with Gasteiger partial charge in [-0.1, -0.05) is 0 Å². The topological polar surface area (TPSA) is 41.1 Å². The maximum atomic E-state index is 4.42. The van der Waals surface area contributed by atoms with Crippen molar-refractivity contribution in [2.24, 2.45) is 0 Å². The first-order valence-corrected chi connectivity index (χ1v) is 6.30. The van der Waals surface area contributed by atoms with Crippen molar-refractivity contribution < 1.29 is 0 Å². The molecule has 17 heavy (non-hydrogen) atoms. The first-order chi connectivity index (χ1) is 8.29. The lowest BCUT2D eigenvalue weighted by Crippen LogP contribution is -2.15. The van der Waals surface area contributed by atoms with E-state index < -0.39 is 0 Å². The van der Waals surface area contributed by atoms with E-state index in [2.05, 4.69) is 27.2 Å². The van der Waals surface area contributed by atoms with E-state index in [4.69, 9.17) is 0 Å². The average molecular weight is 248 g/mol. The van der Waals surface area contributed by atoms with E-state index in [1.165, 1.54) is 10.4 Å². The zero-order chi connectivity index (χ0) is 12.1. The summed E-state index contributed by atoms with van der Waals surface area (Å²) in [5.74, 6) is 0. The second-order valence-electron chi connectivity index (χ2n) is 3.85. The second-order valence-corrected chi connectivity index (χ2v) is 4.94. The van der Waals surface area contributed by atoms with Gasteiger partial charge < -0.3 is 10.2 Å². The minimum Gasteiger partial charge on any atom is -0.347 e. The van der Waals surface area contributed by atoms with Crippen LogP contribution in [0.1, 0.15) is 10.4 Å². The van der Waals surface area contributed by atoms with Gasteiger partial charge in [-0.05, 0) is 24.7 Å². The van der Waals surface area contributed by atoms with E-state index in [0.717, 1.165) is 18.2 Å². The van der Waals surface area contributed by atoms with Gasteiger partial charge in [-0.3, -0.25) is 4.98 Å². The van der Waals surface area contributed by atoms with Gasteiger partial charge in [-0.25, -0.2) is 4.98 Å². The Morgan fingerprint density at radius 1 is 1.35 bits per heavy atom. The smallest absolute Gasteiger partial charge is 0.185 e. The zero-order valence-corrected chi connectivity index (χ0v) is 10.9. The summed E-state index contributed by atoms with van der Waals surface area (Å²) < 4.78 is 0. The van der Waals surface area contributed by atoms with Gasteiger partial charge in [0.15, 0.2) is 5.13 Å². The number of thiazole rings is 1. The molecule has 2 heterocycles. The molecular weight excluding hydrogens is 232 g/mol. The van der Waals surface area contributed by atoms with Gasteiger partial charge in [-0.15, -0.1) is 11.3 Å². The van der Waals surface area contributed by atoms with Gasteiger partial charge in [0.25, 0.3) is 0 Å². The standard InChI is InChI=1S/C12H16N4S/c1-13-7-11-8-15-12(17-11)16(2)9-10-3-5-14-6-4-10/h3-6,8,13H,7,9H2,1-2H3. The molecule has 0 aliphatic heterocycles. The lowest BCUT2D eigenvalue weighted by molar-refractivity contribution is 0.829. The molecule has 1 N–H and O–H groups in total. The molecule has 4 nitrogen and oxygen atoms in total. The SMILES string of the molecule is CNCc1cnc(N(C)Cc2ccncc2)s1. The van der Waals surface area contributed by atoms with Crippen LogP contribution in [0, 0.1) is 0 Å². The van der Waals surface area contributed by atoms with Crippen molar-refractivity contribution >= 4 is 16.5 Å². The normalized spacial score (nSPS) is 10.5. The van der Waals surface area contributed by atoms with Gasteiger partial charge in [0, 0.05) is 43.6 Å². The minimum atomic E-state index is 0.856. The maximum Gasteiger partial charge on any atom is 0.185 e. The van der Waals surface area contributed by atoms with Crippen LogP contribution in [0.5, 0.6) is 0 Å². The molecule has 2 aromatic heterocycles. The van der Waals surface area contributed by atoms with Crippen LogP contribution in [0.15, 0.2) is 30.7 Å². The Labute approximate surface area is 105 Å². The largest absolute Gasteiger partial charge is 0.347 e. The summed E-state index contributed by atoms with van der Waals surface area (Å²) in [6, 6.07) is 4.05. The average Bonchev–Trinajstić information content (AvgIpc) is 2.79. The van der Waals surface area contributed by atoms with E-state index in [1.807, 2.05) is 37.8 Å². The van der Waals surface area contributed by atoms with Crippen LogP contribution in [0.25, 0.3) is 0 Å². The summed E-state index contributed by atoms with van der Waals surface area (Å²) in [7, 11) is 4.00. The fourth-order valence-corrected chi connectivity index (χ4v) is 2.44. The molecule has 2 aromatic rings. The van der Waals surface area contributed by atoms with E-state index in [1.54, 1.807) is 11.3 Å². The number of pyridine rings is 1. The molecule has 5 heteroatoms. The number of hydrogen-bond acceptors (Lipinski definition) is 5. The number of rotatable bonds is 5. The molecule has 0 radical (unpaired) electrons. The second kappa shape index (κ2) is 5.75. The van der Waals surface area contributed by atoms with Crippen molar-refractivity contribution in [2.45, 2.75) is 13.1 Å². The van der Waals surface area contributed by atoms with E-state index in [-0.39, 0.29) is 0 Å². The Morgan fingerprint density at radius 3 is 2.82 bits per heavy atom. The predicted molar refractivity (Wildman–Crippen MR) is 71.2 cm³/mol. The summed E-state index contributed by atoms with van der Waals surface area (Å²) in [6.07, 6.45) is 5.56. The summed E-state index contributed by atoms with van der Waals surface area (Å²) >= 11 is 1.72. The van der Waals surface area contributed by atoms with Crippen molar-refractivity contribution in [3.05, 3.63) is 41.2 Å². The molecule has 0 unspecified atom stereocenters. The fourth-order valence-electron chi connectivity index (χ4n) is 1.56. The Bertz CT molecular complexity index is 455. The van der Waals surface area contributed by atoms with Crippen molar-refractivity contribution in [3.63, 3.8) is 0 Å². The first-order valence-electron chi connectivity index (χ1n) is 5.49. The molecule has 0 aromatic carbocycles. The Balaban J connectivity index is 2.01. The molecule has 90 valence electrons. The lowest BCUT2D eigenvalue weighted by atomic mass is 10.2.